The summed E-state index contributed by atoms with van der Waals surface area (Å²) in [5.41, 5.74) is 23.6. The highest BCUT2D eigenvalue weighted by Crippen LogP contribution is 2.54. The van der Waals surface area contributed by atoms with E-state index in [1.54, 1.807) is 13.2 Å². The number of phenolic OH excluding ortho intramolecular Hbond substituents is 1. The highest BCUT2D eigenvalue weighted by atomic mass is 16.6. The standard InChI is InChI=1S/C52H58N6O8/c1-8-9-16-29(2)41-25-40(59)44-30(3)21-35-22-37-36(42-24-39(55-57-53)48(31(4)64-42)62-27-33-17-12-10-13-18-33)23-38(49(61-7)46(37)47(60)45(35)50(44)66-41)43-26-52(6,56-58-54)51(32(5)65-43)63-28-34-19-14-11-15-20-34/h8-15,17-20,22-23,25,29-32,39,42-43,48,51,60H,16,21,24,26-28H2,1-7H3/b9-8-/t29?,30?,31-,32+,39-,42-,43+,48-,51-,52+/m1/s1. The Morgan fingerprint density at radius 3 is 2.26 bits per heavy atom. The molecule has 10 atom stereocenters. The zero-order valence-corrected chi connectivity index (χ0v) is 38.6. The summed E-state index contributed by atoms with van der Waals surface area (Å²) in [6.45, 7) is 12.2. The fourth-order valence-electron chi connectivity index (χ4n) is 10.4. The number of allylic oxidation sites excluding steroid dienone is 2. The minimum atomic E-state index is -1.08. The normalized spacial score (nSPS) is 26.5. The number of hydrogen-bond acceptors (Lipinski definition) is 10. The highest BCUT2D eigenvalue weighted by molar-refractivity contribution is 6.03. The molecule has 2 aliphatic heterocycles. The van der Waals surface area contributed by atoms with E-state index < -0.39 is 48.2 Å². The summed E-state index contributed by atoms with van der Waals surface area (Å²) in [4.78, 5) is 20.5. The summed E-state index contributed by atoms with van der Waals surface area (Å²) in [5.74, 6) is 0.803. The van der Waals surface area contributed by atoms with Crippen molar-refractivity contribution in [3.63, 3.8) is 0 Å². The molecule has 0 saturated carbocycles. The molecule has 66 heavy (non-hydrogen) atoms. The molecule has 5 aromatic rings. The second-order valence-electron chi connectivity index (χ2n) is 18.2. The van der Waals surface area contributed by atoms with Gasteiger partial charge in [0.2, 0.25) is 0 Å². The van der Waals surface area contributed by atoms with Gasteiger partial charge >= 0.3 is 0 Å². The molecule has 14 heteroatoms. The van der Waals surface area contributed by atoms with Gasteiger partial charge < -0.3 is 33.2 Å². The Hall–Kier alpha value is -6.11. The van der Waals surface area contributed by atoms with Gasteiger partial charge in [0, 0.05) is 32.9 Å². The SMILES string of the molecule is C/C=C\CC(C)c1cc(=O)c2c(o1)-c1c(cc3c([C@H]4C[C@@H](N=[N+]=[N-])[C@H](OCc5ccccc5)[C@@H](C)O4)cc([C@@H]4C[C@](C)(N=[N+]=[N-])[C@H](OCc5ccccc5)[C@H](C)O4)c(OC)c3c1O)CC2C. The Kier molecular flexibility index (Phi) is 13.9. The molecule has 14 nitrogen and oxygen atoms in total. The van der Waals surface area contributed by atoms with E-state index in [-0.39, 0.29) is 42.5 Å². The van der Waals surface area contributed by atoms with Gasteiger partial charge in [-0.1, -0.05) is 104 Å². The van der Waals surface area contributed by atoms with Crippen molar-refractivity contribution in [3.8, 4) is 22.8 Å². The van der Waals surface area contributed by atoms with Crippen molar-refractivity contribution in [1.29, 1.82) is 0 Å². The number of aromatic hydroxyl groups is 1. The average molecular weight is 895 g/mol. The van der Waals surface area contributed by atoms with E-state index >= 15 is 0 Å². The number of ether oxygens (including phenoxy) is 5. The minimum absolute atomic E-state index is 0.0958. The van der Waals surface area contributed by atoms with Crippen LogP contribution in [-0.4, -0.2) is 48.2 Å². The number of methoxy groups -OCH3 is 1. The first-order valence-electron chi connectivity index (χ1n) is 22.8. The summed E-state index contributed by atoms with van der Waals surface area (Å²) in [5, 5.41) is 22.6. The zero-order chi connectivity index (χ0) is 46.7. The molecule has 2 unspecified atom stereocenters. The van der Waals surface area contributed by atoms with Gasteiger partial charge in [-0.05, 0) is 103 Å². The topological polar surface area (TPSA) is 194 Å². The number of hydrogen-bond donors (Lipinski definition) is 1. The number of rotatable bonds is 14. The summed E-state index contributed by atoms with van der Waals surface area (Å²) < 4.78 is 39.7. The molecule has 3 aliphatic rings. The van der Waals surface area contributed by atoms with Crippen molar-refractivity contribution >= 4 is 10.8 Å². The molecule has 344 valence electrons. The van der Waals surface area contributed by atoms with Gasteiger partial charge in [0.15, 0.2) is 5.43 Å². The molecule has 0 radical (unpaired) electrons. The van der Waals surface area contributed by atoms with Crippen LogP contribution in [0.25, 0.3) is 43.0 Å². The first kappa shape index (κ1) is 46.4. The molecule has 0 spiro atoms. The van der Waals surface area contributed by atoms with E-state index in [1.807, 2.05) is 126 Å². The fourth-order valence-corrected chi connectivity index (χ4v) is 10.4. The Bertz CT molecular complexity index is 2750. The predicted molar refractivity (Wildman–Crippen MR) is 252 cm³/mol. The van der Waals surface area contributed by atoms with E-state index in [1.165, 1.54) is 0 Å². The fraction of sp³-hybridized carbons (Fsp3) is 0.442. The Morgan fingerprint density at radius 1 is 0.924 bits per heavy atom. The number of benzene rings is 4. The quantitative estimate of drug-likeness (QED) is 0.0492. The molecule has 1 aliphatic carbocycles. The first-order chi connectivity index (χ1) is 31.9. The monoisotopic (exact) mass is 894 g/mol. The molecule has 1 aromatic heterocycles. The minimum Gasteiger partial charge on any atom is -0.506 e. The van der Waals surface area contributed by atoms with Crippen LogP contribution < -0.4 is 10.2 Å². The summed E-state index contributed by atoms with van der Waals surface area (Å²) in [6.07, 6.45) is 2.02. The van der Waals surface area contributed by atoms with Crippen LogP contribution in [0.3, 0.4) is 0 Å². The molecular formula is C52H58N6O8. The maximum absolute atomic E-state index is 14.0. The maximum Gasteiger partial charge on any atom is 0.189 e. The van der Waals surface area contributed by atoms with Gasteiger partial charge in [-0.25, -0.2) is 0 Å². The second kappa shape index (κ2) is 19.8. The van der Waals surface area contributed by atoms with Crippen LogP contribution >= 0.6 is 0 Å². The van der Waals surface area contributed by atoms with Gasteiger partial charge in [-0.15, -0.1) is 0 Å². The predicted octanol–water partition coefficient (Wildman–Crippen LogP) is 12.5. The van der Waals surface area contributed by atoms with Gasteiger partial charge in [0.05, 0.1) is 79.5 Å². The lowest BCUT2D eigenvalue weighted by molar-refractivity contribution is -0.170. The largest absolute Gasteiger partial charge is 0.506 e. The number of fused-ring (bicyclic) bond motifs is 4. The number of azide groups is 2. The molecule has 2 saturated heterocycles. The van der Waals surface area contributed by atoms with Crippen LogP contribution in [0.15, 0.2) is 110 Å². The number of nitrogens with zero attached hydrogens (tertiary/aromatic N) is 6. The lowest BCUT2D eigenvalue weighted by atomic mass is 9.77. The van der Waals surface area contributed by atoms with Crippen LogP contribution in [0.2, 0.25) is 0 Å². The van der Waals surface area contributed by atoms with E-state index in [9.17, 15) is 21.0 Å². The van der Waals surface area contributed by atoms with Crippen LogP contribution in [0.4, 0.5) is 0 Å². The lowest BCUT2D eigenvalue weighted by Crippen LogP contribution is -2.52. The average Bonchev–Trinajstić information content (AvgIpc) is 3.30. The molecule has 3 heterocycles. The van der Waals surface area contributed by atoms with Gasteiger partial charge in [-0.2, -0.15) is 0 Å². The Morgan fingerprint density at radius 2 is 1.61 bits per heavy atom. The summed E-state index contributed by atoms with van der Waals surface area (Å²) >= 11 is 0. The van der Waals surface area contributed by atoms with Crippen LogP contribution in [0.1, 0.15) is 124 Å². The third-order valence-electron chi connectivity index (χ3n) is 13.6. The summed E-state index contributed by atoms with van der Waals surface area (Å²) in [7, 11) is 1.55. The van der Waals surface area contributed by atoms with Crippen LogP contribution in [-0.2, 0) is 38.6 Å². The molecule has 8 rings (SSSR count). The van der Waals surface area contributed by atoms with Crippen molar-refractivity contribution in [1.82, 2.24) is 0 Å². The van der Waals surface area contributed by atoms with E-state index in [4.69, 9.17) is 28.1 Å². The third-order valence-corrected chi connectivity index (χ3v) is 13.6. The Balaban J connectivity index is 1.29. The highest BCUT2D eigenvalue weighted by Gasteiger charge is 2.48. The van der Waals surface area contributed by atoms with Crippen molar-refractivity contribution < 1.29 is 33.2 Å². The van der Waals surface area contributed by atoms with Crippen molar-refractivity contribution in [2.24, 2.45) is 10.2 Å². The molecular weight excluding hydrogens is 837 g/mol. The third kappa shape index (κ3) is 9.05. The van der Waals surface area contributed by atoms with Crippen molar-refractivity contribution in [2.45, 2.75) is 140 Å². The molecule has 0 bridgehead atoms. The van der Waals surface area contributed by atoms with E-state index in [2.05, 4.69) is 20.1 Å². The lowest BCUT2D eigenvalue weighted by Gasteiger charge is -2.45. The van der Waals surface area contributed by atoms with Crippen LogP contribution in [0, 0.1) is 0 Å². The van der Waals surface area contributed by atoms with Gasteiger partial charge in [0.25, 0.3) is 0 Å². The molecule has 4 aromatic carbocycles. The first-order valence-corrected chi connectivity index (χ1v) is 22.8. The molecule has 1 N–H and O–H groups in total. The van der Waals surface area contributed by atoms with Crippen molar-refractivity contribution in [2.75, 3.05) is 7.11 Å². The smallest absolute Gasteiger partial charge is 0.189 e. The van der Waals surface area contributed by atoms with Gasteiger partial charge in [0.1, 0.15) is 23.0 Å². The van der Waals surface area contributed by atoms with Crippen LogP contribution in [0.5, 0.6) is 11.5 Å². The molecule has 2 fully saturated rings. The zero-order valence-electron chi connectivity index (χ0n) is 38.6. The molecule has 0 amide bonds. The van der Waals surface area contributed by atoms with E-state index in [0.717, 1.165) is 16.7 Å². The second-order valence-corrected chi connectivity index (χ2v) is 18.2. The Labute approximate surface area is 384 Å². The summed E-state index contributed by atoms with van der Waals surface area (Å²) in [6, 6.07) is 24.6. The van der Waals surface area contributed by atoms with Gasteiger partial charge in [-0.3, -0.25) is 4.79 Å². The number of phenols is 1. The van der Waals surface area contributed by atoms with Crippen molar-refractivity contribution in [3.05, 3.63) is 161 Å². The maximum atomic E-state index is 14.0. The van der Waals surface area contributed by atoms with E-state index in [0.29, 0.717) is 69.7 Å².